The van der Waals surface area contributed by atoms with E-state index >= 15 is 0 Å². The van der Waals surface area contributed by atoms with Crippen molar-refractivity contribution in [2.75, 3.05) is 24.7 Å². The Balaban J connectivity index is 1.45. The van der Waals surface area contributed by atoms with Crippen molar-refractivity contribution in [2.45, 2.75) is 38.3 Å². The van der Waals surface area contributed by atoms with Crippen LogP contribution in [-0.4, -0.2) is 52.1 Å². The molecule has 1 saturated heterocycles. The van der Waals surface area contributed by atoms with Crippen molar-refractivity contribution in [3.05, 3.63) is 50.6 Å². The van der Waals surface area contributed by atoms with Gasteiger partial charge >= 0.3 is 0 Å². The van der Waals surface area contributed by atoms with Gasteiger partial charge in [-0.2, -0.15) is 0 Å². The number of nitrogens with one attached hydrogen (secondary N) is 2. The number of rotatable bonds is 4. The van der Waals surface area contributed by atoms with E-state index in [9.17, 15) is 14.9 Å². The predicted molar refractivity (Wildman–Crippen MR) is 118 cm³/mol. The van der Waals surface area contributed by atoms with E-state index < -0.39 is 0 Å². The van der Waals surface area contributed by atoms with E-state index in [1.807, 2.05) is 20.0 Å². The molecule has 1 amide bonds. The maximum absolute atomic E-state index is 12.5. The number of nitro groups is 1. The molecular formula is C21H23N5O4S. The minimum absolute atomic E-state index is 0.0238. The number of aromatic nitrogens is 2. The number of ether oxygens (including phenoxy) is 1. The number of nitrogens with zero attached hydrogens (tertiary/aromatic N) is 3. The zero-order valence-electron chi connectivity index (χ0n) is 17.3. The third kappa shape index (κ3) is 3.66. The minimum atomic E-state index is -0.376. The quantitative estimate of drug-likeness (QED) is 0.475. The number of anilines is 1. The molecule has 3 aromatic rings. The number of amides is 1. The molecule has 1 fully saturated rings. The second-order valence-corrected chi connectivity index (χ2v) is 9.69. The molecule has 9 nitrogen and oxygen atoms in total. The zero-order valence-corrected chi connectivity index (χ0v) is 18.1. The van der Waals surface area contributed by atoms with Gasteiger partial charge in [-0.3, -0.25) is 14.9 Å². The van der Waals surface area contributed by atoms with Crippen LogP contribution in [0.5, 0.6) is 0 Å². The van der Waals surface area contributed by atoms with Gasteiger partial charge in [0.25, 0.3) is 11.6 Å². The van der Waals surface area contributed by atoms with E-state index in [0.29, 0.717) is 37.5 Å². The molecule has 1 atom stereocenters. The number of carbonyl (C=O) groups excluding carboxylic acids is 1. The molecule has 0 spiro atoms. The fourth-order valence-electron chi connectivity index (χ4n) is 4.36. The highest BCUT2D eigenvalue weighted by Crippen LogP contribution is 2.34. The standard InChI is InChI=1S/C21H23N5O4S/c1-21(2)9-17-18(19(27)24-21)31-20(23-17)25-5-6-30-11-14(25)7-12-10-22-16-4-3-13(26(28)29)8-15(12)16/h3-4,8,10,14,22H,5-7,9,11H2,1-2H3,(H,24,27)/t14-/m0/s1. The van der Waals surface area contributed by atoms with E-state index in [1.54, 1.807) is 12.1 Å². The third-order valence-corrected chi connectivity index (χ3v) is 6.98. The van der Waals surface area contributed by atoms with Crippen LogP contribution in [0.4, 0.5) is 10.8 Å². The summed E-state index contributed by atoms with van der Waals surface area (Å²) in [6, 6.07) is 4.88. The fraction of sp³-hybridized carbons (Fsp3) is 0.429. The molecule has 2 N–H and O–H groups in total. The molecule has 2 aromatic heterocycles. The summed E-state index contributed by atoms with van der Waals surface area (Å²) in [7, 11) is 0. The van der Waals surface area contributed by atoms with Gasteiger partial charge < -0.3 is 19.9 Å². The van der Waals surface area contributed by atoms with E-state index in [4.69, 9.17) is 9.72 Å². The van der Waals surface area contributed by atoms with Crippen molar-refractivity contribution in [3.8, 4) is 0 Å². The molecule has 0 radical (unpaired) electrons. The SMILES string of the molecule is CC1(C)Cc2nc(N3CCOC[C@@H]3Cc3c[nH]c4ccc([N+](=O)[O-])cc34)sc2C(=O)N1. The number of benzene rings is 1. The topological polar surface area (TPSA) is 113 Å². The molecule has 2 aliphatic rings. The van der Waals surface area contributed by atoms with Crippen molar-refractivity contribution in [1.29, 1.82) is 0 Å². The second-order valence-electron chi connectivity index (χ2n) is 8.71. The number of aromatic amines is 1. The van der Waals surface area contributed by atoms with Gasteiger partial charge in [0.15, 0.2) is 5.13 Å². The Morgan fingerprint density at radius 1 is 1.42 bits per heavy atom. The summed E-state index contributed by atoms with van der Waals surface area (Å²) in [6.07, 6.45) is 3.26. The Kier molecular flexibility index (Phi) is 4.71. The van der Waals surface area contributed by atoms with Crippen LogP contribution in [0, 0.1) is 10.1 Å². The number of hydrogen-bond donors (Lipinski definition) is 2. The molecular weight excluding hydrogens is 418 g/mol. The van der Waals surface area contributed by atoms with Crippen molar-refractivity contribution < 1.29 is 14.5 Å². The van der Waals surface area contributed by atoms with Crippen LogP contribution in [0.3, 0.4) is 0 Å². The Bertz CT molecular complexity index is 1180. The molecule has 1 aromatic carbocycles. The molecule has 0 aliphatic carbocycles. The van der Waals surface area contributed by atoms with Gasteiger partial charge in [-0.05, 0) is 31.9 Å². The highest BCUT2D eigenvalue weighted by Gasteiger charge is 2.35. The Labute approximate surface area is 182 Å². The average molecular weight is 442 g/mol. The number of nitro benzene ring substituents is 1. The van der Waals surface area contributed by atoms with Crippen LogP contribution in [0.2, 0.25) is 0 Å². The third-order valence-electron chi connectivity index (χ3n) is 5.84. The molecule has 10 heteroatoms. The smallest absolute Gasteiger partial charge is 0.270 e. The average Bonchev–Trinajstić information content (AvgIpc) is 3.31. The fourth-order valence-corrected chi connectivity index (χ4v) is 5.44. The summed E-state index contributed by atoms with van der Waals surface area (Å²) in [5.74, 6) is -0.0660. The predicted octanol–water partition coefficient (Wildman–Crippen LogP) is 3.05. The molecule has 0 bridgehead atoms. The van der Waals surface area contributed by atoms with Gasteiger partial charge in [0.05, 0.1) is 29.9 Å². The van der Waals surface area contributed by atoms with Crippen LogP contribution < -0.4 is 10.2 Å². The zero-order chi connectivity index (χ0) is 21.8. The van der Waals surface area contributed by atoms with Gasteiger partial charge in [-0.1, -0.05) is 11.3 Å². The van der Waals surface area contributed by atoms with E-state index in [-0.39, 0.29) is 28.1 Å². The highest BCUT2D eigenvalue weighted by atomic mass is 32.1. The Morgan fingerprint density at radius 2 is 2.26 bits per heavy atom. The van der Waals surface area contributed by atoms with Crippen LogP contribution in [0.15, 0.2) is 24.4 Å². The summed E-state index contributed by atoms with van der Waals surface area (Å²) in [5, 5.41) is 15.9. The molecule has 31 heavy (non-hydrogen) atoms. The first kappa shape index (κ1) is 20.0. The largest absolute Gasteiger partial charge is 0.377 e. The highest BCUT2D eigenvalue weighted by molar-refractivity contribution is 7.17. The van der Waals surface area contributed by atoms with Crippen LogP contribution in [0.25, 0.3) is 10.9 Å². The number of H-pyrrole nitrogens is 1. The molecule has 162 valence electrons. The Hall–Kier alpha value is -2.98. The molecule has 2 aliphatic heterocycles. The van der Waals surface area contributed by atoms with Crippen molar-refractivity contribution >= 4 is 39.0 Å². The number of carbonyl (C=O) groups is 1. The number of morpholine rings is 1. The lowest BCUT2D eigenvalue weighted by molar-refractivity contribution is -0.384. The van der Waals surface area contributed by atoms with Crippen molar-refractivity contribution in [1.82, 2.24) is 15.3 Å². The minimum Gasteiger partial charge on any atom is -0.377 e. The lowest BCUT2D eigenvalue weighted by Gasteiger charge is -2.35. The van der Waals surface area contributed by atoms with Gasteiger partial charge in [0, 0.05) is 47.7 Å². The first-order valence-electron chi connectivity index (χ1n) is 10.2. The normalized spacial score (nSPS) is 20.5. The van der Waals surface area contributed by atoms with E-state index in [1.165, 1.54) is 17.4 Å². The van der Waals surface area contributed by atoms with Gasteiger partial charge in [-0.15, -0.1) is 0 Å². The lowest BCUT2D eigenvalue weighted by Crippen LogP contribution is -2.48. The number of thiazole rings is 1. The van der Waals surface area contributed by atoms with Crippen LogP contribution in [-0.2, 0) is 17.6 Å². The van der Waals surface area contributed by atoms with E-state index in [0.717, 1.165) is 27.3 Å². The maximum atomic E-state index is 12.5. The molecule has 0 saturated carbocycles. The van der Waals surface area contributed by atoms with E-state index in [2.05, 4.69) is 15.2 Å². The van der Waals surface area contributed by atoms with Crippen molar-refractivity contribution in [3.63, 3.8) is 0 Å². The summed E-state index contributed by atoms with van der Waals surface area (Å²) in [5.41, 5.74) is 2.48. The molecule has 0 unspecified atom stereocenters. The number of hydrogen-bond acceptors (Lipinski definition) is 7. The lowest BCUT2D eigenvalue weighted by atomic mass is 9.94. The maximum Gasteiger partial charge on any atom is 0.270 e. The first-order valence-corrected chi connectivity index (χ1v) is 11.0. The molecule has 4 heterocycles. The summed E-state index contributed by atoms with van der Waals surface area (Å²) >= 11 is 1.43. The molecule has 5 rings (SSSR count). The van der Waals surface area contributed by atoms with Crippen LogP contribution in [0.1, 0.15) is 34.8 Å². The van der Waals surface area contributed by atoms with Crippen LogP contribution >= 0.6 is 11.3 Å². The first-order chi connectivity index (χ1) is 14.8. The summed E-state index contributed by atoms with van der Waals surface area (Å²) in [6.45, 7) is 5.81. The number of non-ortho nitro benzene ring substituents is 1. The van der Waals surface area contributed by atoms with Gasteiger partial charge in [0.1, 0.15) is 4.88 Å². The second kappa shape index (κ2) is 7.31. The summed E-state index contributed by atoms with van der Waals surface area (Å²) in [4.78, 5) is 34.3. The summed E-state index contributed by atoms with van der Waals surface area (Å²) < 4.78 is 5.75. The van der Waals surface area contributed by atoms with Gasteiger partial charge in [0.2, 0.25) is 0 Å². The Morgan fingerprint density at radius 3 is 3.06 bits per heavy atom. The number of fused-ring (bicyclic) bond motifs is 2. The van der Waals surface area contributed by atoms with Crippen molar-refractivity contribution in [2.24, 2.45) is 0 Å². The monoisotopic (exact) mass is 441 g/mol. The van der Waals surface area contributed by atoms with Gasteiger partial charge in [-0.25, -0.2) is 4.98 Å².